The van der Waals surface area contributed by atoms with Crippen LogP contribution in [-0.2, 0) is 9.53 Å². The van der Waals surface area contributed by atoms with Crippen molar-refractivity contribution >= 4 is 30.2 Å². The molecule has 4 nitrogen and oxygen atoms in total. The lowest BCUT2D eigenvalue weighted by atomic mass is 9.82. The molecule has 24 heavy (non-hydrogen) atoms. The Labute approximate surface area is 152 Å². The quantitative estimate of drug-likeness (QED) is 0.608. The summed E-state index contributed by atoms with van der Waals surface area (Å²) >= 11 is 10.3. The second-order valence-electron chi connectivity index (χ2n) is 6.52. The zero-order chi connectivity index (χ0) is 18.1. The minimum absolute atomic E-state index is 0.368. The van der Waals surface area contributed by atoms with Crippen LogP contribution < -0.4 is 5.32 Å². The van der Waals surface area contributed by atoms with E-state index in [-0.39, 0.29) is 0 Å². The van der Waals surface area contributed by atoms with Gasteiger partial charge in [-0.05, 0) is 45.4 Å². The lowest BCUT2D eigenvalue weighted by Crippen LogP contribution is -2.32. The number of hydrogen-bond acceptors (Lipinski definition) is 5. The summed E-state index contributed by atoms with van der Waals surface area (Å²) in [6.45, 7) is 7.19. The molecule has 0 aliphatic carbocycles. The number of dihydropyridines is 1. The van der Waals surface area contributed by atoms with Crippen molar-refractivity contribution < 1.29 is 9.53 Å². The molecule has 2 rings (SSSR count). The SMILES string of the molecule is CC1=C(C(=O)OC(C)(C)C)C(c2ccc(Cl)cc2)C(C#N)=C(S)N1. The van der Waals surface area contributed by atoms with Crippen molar-refractivity contribution in [3.8, 4) is 6.07 Å². The molecule has 0 amide bonds. The van der Waals surface area contributed by atoms with Crippen LogP contribution in [0.1, 0.15) is 39.2 Å². The molecule has 6 heteroatoms. The molecule has 1 aromatic rings. The summed E-state index contributed by atoms with van der Waals surface area (Å²) in [5.41, 5.74) is 1.54. The summed E-state index contributed by atoms with van der Waals surface area (Å²) in [6, 6.07) is 9.21. The fraction of sp³-hybridized carbons (Fsp3) is 0.333. The highest BCUT2D eigenvalue weighted by atomic mass is 35.5. The van der Waals surface area contributed by atoms with Gasteiger partial charge in [0.2, 0.25) is 0 Å². The first-order chi connectivity index (χ1) is 11.1. The van der Waals surface area contributed by atoms with E-state index >= 15 is 0 Å². The minimum atomic E-state index is -0.632. The van der Waals surface area contributed by atoms with Crippen molar-refractivity contribution in [2.75, 3.05) is 0 Å². The Morgan fingerprint density at radius 2 is 1.92 bits per heavy atom. The third kappa shape index (κ3) is 3.95. The Hall–Kier alpha value is -1.90. The summed E-state index contributed by atoms with van der Waals surface area (Å²) in [5, 5.41) is 13.6. The molecule has 0 radical (unpaired) electrons. The van der Waals surface area contributed by atoms with E-state index in [0.717, 1.165) is 5.56 Å². The molecule has 0 aromatic heterocycles. The van der Waals surface area contributed by atoms with Gasteiger partial charge in [-0.3, -0.25) is 0 Å². The number of rotatable bonds is 2. The number of nitrogens with one attached hydrogen (secondary N) is 1. The van der Waals surface area contributed by atoms with Crippen molar-refractivity contribution in [2.45, 2.75) is 39.2 Å². The number of benzene rings is 1. The molecule has 126 valence electrons. The summed E-state index contributed by atoms with van der Waals surface area (Å²) in [5.74, 6) is -1.00. The maximum atomic E-state index is 12.7. The van der Waals surface area contributed by atoms with Gasteiger partial charge >= 0.3 is 5.97 Å². The van der Waals surface area contributed by atoms with Gasteiger partial charge in [0.1, 0.15) is 5.60 Å². The van der Waals surface area contributed by atoms with Crippen LogP contribution in [0.3, 0.4) is 0 Å². The van der Waals surface area contributed by atoms with Crippen molar-refractivity contribution in [1.82, 2.24) is 5.32 Å². The first-order valence-electron chi connectivity index (χ1n) is 7.44. The average molecular weight is 363 g/mol. The Kier molecular flexibility index (Phi) is 5.32. The standard InChI is InChI=1S/C18H19ClN2O2S/c1-10-14(17(22)23-18(2,3)4)15(13(9-20)16(24)21-10)11-5-7-12(19)8-6-11/h5-8,15,21,24H,1-4H3. The van der Waals surface area contributed by atoms with E-state index in [0.29, 0.717) is 26.9 Å². The van der Waals surface area contributed by atoms with Crippen molar-refractivity contribution in [2.24, 2.45) is 0 Å². The van der Waals surface area contributed by atoms with Gasteiger partial charge in [-0.1, -0.05) is 23.7 Å². The summed E-state index contributed by atoms with van der Waals surface area (Å²) < 4.78 is 5.53. The van der Waals surface area contributed by atoms with Crippen LogP contribution in [0.5, 0.6) is 0 Å². The van der Waals surface area contributed by atoms with Gasteiger partial charge in [-0.2, -0.15) is 5.26 Å². The van der Waals surface area contributed by atoms with Gasteiger partial charge in [-0.25, -0.2) is 4.79 Å². The molecule has 1 unspecified atom stereocenters. The van der Waals surface area contributed by atoms with Crippen molar-refractivity contribution in [1.29, 1.82) is 5.26 Å². The van der Waals surface area contributed by atoms with Gasteiger partial charge in [0.25, 0.3) is 0 Å². The average Bonchev–Trinajstić information content (AvgIpc) is 2.45. The van der Waals surface area contributed by atoms with E-state index in [1.807, 2.05) is 0 Å². The summed E-state index contributed by atoms with van der Waals surface area (Å²) in [4.78, 5) is 12.7. The molecule has 0 saturated carbocycles. The number of allylic oxidation sites excluding steroid dienone is 2. The minimum Gasteiger partial charge on any atom is -0.457 e. The first kappa shape index (κ1) is 18.4. The third-order valence-corrected chi connectivity index (χ3v) is 4.09. The molecule has 0 saturated heterocycles. The van der Waals surface area contributed by atoms with E-state index in [1.165, 1.54) is 0 Å². The Bertz CT molecular complexity index is 768. The molecule has 0 fully saturated rings. The lowest BCUT2D eigenvalue weighted by molar-refractivity contribution is -0.150. The number of nitrogens with zero attached hydrogens (tertiary/aromatic N) is 1. The zero-order valence-corrected chi connectivity index (χ0v) is 15.6. The fourth-order valence-corrected chi connectivity index (χ4v) is 2.99. The Morgan fingerprint density at radius 3 is 2.42 bits per heavy atom. The normalized spacial score (nSPS) is 18.1. The van der Waals surface area contributed by atoms with Crippen molar-refractivity contribution in [3.63, 3.8) is 0 Å². The maximum Gasteiger partial charge on any atom is 0.337 e. The number of thiol groups is 1. The second-order valence-corrected chi connectivity index (χ2v) is 7.41. The largest absolute Gasteiger partial charge is 0.457 e. The third-order valence-electron chi connectivity index (χ3n) is 3.48. The molecule has 1 heterocycles. The Balaban J connectivity index is 2.57. The first-order valence-corrected chi connectivity index (χ1v) is 8.26. The zero-order valence-electron chi connectivity index (χ0n) is 14.0. The number of hydrogen-bond donors (Lipinski definition) is 2. The lowest BCUT2D eigenvalue weighted by Gasteiger charge is -2.30. The topological polar surface area (TPSA) is 62.1 Å². The number of carbonyl (C=O) groups excluding carboxylic acids is 1. The van der Waals surface area contributed by atoms with Crippen LogP contribution in [0.15, 0.2) is 46.1 Å². The second kappa shape index (κ2) is 6.92. The van der Waals surface area contributed by atoms with Gasteiger partial charge in [0, 0.05) is 10.7 Å². The predicted octanol–water partition coefficient (Wildman–Crippen LogP) is 4.31. The van der Waals surface area contributed by atoms with Gasteiger partial charge in [-0.15, -0.1) is 12.6 Å². The highest BCUT2D eigenvalue weighted by molar-refractivity contribution is 7.84. The van der Waals surface area contributed by atoms with Gasteiger partial charge in [0.15, 0.2) is 0 Å². The number of ether oxygens (including phenoxy) is 1. The van der Waals surface area contributed by atoms with Gasteiger partial charge in [0.05, 0.1) is 28.2 Å². The molecular weight excluding hydrogens is 344 g/mol. The molecular formula is C18H19ClN2O2S. The molecule has 0 bridgehead atoms. The summed E-state index contributed by atoms with van der Waals surface area (Å²) in [7, 11) is 0. The Morgan fingerprint density at radius 1 is 1.33 bits per heavy atom. The number of halogens is 1. The van der Waals surface area contributed by atoms with Crippen LogP contribution in [0.4, 0.5) is 0 Å². The molecule has 1 N–H and O–H groups in total. The van der Waals surface area contributed by atoms with E-state index in [1.54, 1.807) is 52.0 Å². The predicted molar refractivity (Wildman–Crippen MR) is 97.5 cm³/mol. The molecule has 0 spiro atoms. The van der Waals surface area contributed by atoms with Crippen LogP contribution in [-0.4, -0.2) is 11.6 Å². The fourth-order valence-electron chi connectivity index (χ4n) is 2.52. The highest BCUT2D eigenvalue weighted by Gasteiger charge is 2.35. The van der Waals surface area contributed by atoms with E-state index < -0.39 is 17.5 Å². The summed E-state index contributed by atoms with van der Waals surface area (Å²) in [6.07, 6.45) is 0. The van der Waals surface area contributed by atoms with Crippen LogP contribution in [0, 0.1) is 11.3 Å². The van der Waals surface area contributed by atoms with Gasteiger partial charge < -0.3 is 10.1 Å². The number of esters is 1. The van der Waals surface area contributed by atoms with E-state index in [9.17, 15) is 10.1 Å². The van der Waals surface area contributed by atoms with Crippen molar-refractivity contribution in [3.05, 3.63) is 56.7 Å². The molecule has 1 aliphatic rings. The van der Waals surface area contributed by atoms with E-state index in [4.69, 9.17) is 16.3 Å². The smallest absolute Gasteiger partial charge is 0.337 e. The van der Waals surface area contributed by atoms with Crippen LogP contribution >= 0.6 is 24.2 Å². The molecule has 1 aromatic carbocycles. The van der Waals surface area contributed by atoms with E-state index in [2.05, 4.69) is 24.0 Å². The molecule has 1 aliphatic heterocycles. The monoisotopic (exact) mass is 362 g/mol. The van der Waals surface area contributed by atoms with Crippen LogP contribution in [0.25, 0.3) is 0 Å². The number of nitriles is 1. The highest BCUT2D eigenvalue weighted by Crippen LogP contribution is 2.39. The maximum absolute atomic E-state index is 12.7. The van der Waals surface area contributed by atoms with Crippen LogP contribution in [0.2, 0.25) is 5.02 Å². The number of carbonyl (C=O) groups is 1. The molecule has 1 atom stereocenters.